The van der Waals surface area contributed by atoms with Crippen molar-refractivity contribution in [1.29, 1.82) is 0 Å². The number of hydrogen-bond donors (Lipinski definition) is 2. The molecule has 0 spiro atoms. The van der Waals surface area contributed by atoms with Crippen LogP contribution in [0.4, 0.5) is 0 Å². The van der Waals surface area contributed by atoms with Gasteiger partial charge in [-0.15, -0.1) is 0 Å². The molecule has 0 aliphatic carbocycles. The van der Waals surface area contributed by atoms with Crippen molar-refractivity contribution in [3.8, 4) is 0 Å². The quantitative estimate of drug-likeness (QED) is 0.693. The molecule has 0 aromatic rings. The van der Waals surface area contributed by atoms with Gasteiger partial charge in [0, 0.05) is 13.1 Å². The van der Waals surface area contributed by atoms with Crippen molar-refractivity contribution in [1.82, 2.24) is 10.2 Å². The zero-order valence-electron chi connectivity index (χ0n) is 10.3. The monoisotopic (exact) mass is 244 g/mol. The van der Waals surface area contributed by atoms with E-state index in [-0.39, 0.29) is 12.5 Å². The van der Waals surface area contributed by atoms with Gasteiger partial charge in [0.05, 0.1) is 19.3 Å². The molecule has 0 aromatic heterocycles. The number of morpholine rings is 1. The lowest BCUT2D eigenvalue weighted by molar-refractivity contribution is -0.153. The number of aliphatic carboxylic acids is 1. The van der Waals surface area contributed by atoms with E-state index < -0.39 is 18.1 Å². The molecule has 0 bridgehead atoms. The third-order valence-electron chi connectivity index (χ3n) is 2.88. The Kier molecular flexibility index (Phi) is 5.37. The molecule has 6 heteroatoms. The van der Waals surface area contributed by atoms with Crippen LogP contribution in [0, 0.1) is 0 Å². The average molecular weight is 244 g/mol. The van der Waals surface area contributed by atoms with Crippen molar-refractivity contribution in [3.05, 3.63) is 0 Å². The number of amides is 1. The van der Waals surface area contributed by atoms with Gasteiger partial charge in [0.2, 0.25) is 5.91 Å². The van der Waals surface area contributed by atoms with E-state index in [0.717, 1.165) is 6.42 Å². The van der Waals surface area contributed by atoms with E-state index in [1.807, 2.05) is 6.92 Å². The SMILES string of the molecule is CCCNC(=O)C(C)N1CCOCC1C(=O)O. The highest BCUT2D eigenvalue weighted by Crippen LogP contribution is 2.11. The molecule has 1 aliphatic heterocycles. The van der Waals surface area contributed by atoms with Crippen molar-refractivity contribution in [3.63, 3.8) is 0 Å². The van der Waals surface area contributed by atoms with Crippen LogP contribution in [0.2, 0.25) is 0 Å². The largest absolute Gasteiger partial charge is 0.480 e. The van der Waals surface area contributed by atoms with Crippen LogP contribution < -0.4 is 5.32 Å². The Morgan fingerprint density at radius 1 is 1.59 bits per heavy atom. The van der Waals surface area contributed by atoms with Crippen LogP contribution in [0.15, 0.2) is 0 Å². The van der Waals surface area contributed by atoms with E-state index in [2.05, 4.69) is 5.32 Å². The van der Waals surface area contributed by atoms with E-state index in [1.165, 1.54) is 0 Å². The fourth-order valence-electron chi connectivity index (χ4n) is 1.84. The van der Waals surface area contributed by atoms with E-state index >= 15 is 0 Å². The molecule has 0 radical (unpaired) electrons. The summed E-state index contributed by atoms with van der Waals surface area (Å²) in [5.41, 5.74) is 0. The summed E-state index contributed by atoms with van der Waals surface area (Å²) in [6, 6.07) is -1.17. The van der Waals surface area contributed by atoms with Gasteiger partial charge in [-0.25, -0.2) is 0 Å². The molecule has 1 fully saturated rings. The molecule has 6 nitrogen and oxygen atoms in total. The van der Waals surface area contributed by atoms with Crippen LogP contribution >= 0.6 is 0 Å². The molecule has 1 saturated heterocycles. The summed E-state index contributed by atoms with van der Waals surface area (Å²) in [6.07, 6.45) is 0.865. The van der Waals surface area contributed by atoms with Gasteiger partial charge in [-0.1, -0.05) is 6.92 Å². The molecule has 0 aromatic carbocycles. The summed E-state index contributed by atoms with van der Waals surface area (Å²) in [6.45, 7) is 5.39. The normalized spacial score (nSPS) is 23.1. The van der Waals surface area contributed by atoms with Gasteiger partial charge in [0.1, 0.15) is 6.04 Å². The standard InChI is InChI=1S/C11H20N2O4/c1-3-4-12-10(14)8(2)13-5-6-17-7-9(13)11(15)16/h8-9H,3-7H2,1-2H3,(H,12,14)(H,15,16). The molecule has 1 aliphatic rings. The number of carboxylic acids is 1. The van der Waals surface area contributed by atoms with Gasteiger partial charge in [-0.2, -0.15) is 0 Å². The average Bonchev–Trinajstić information content (AvgIpc) is 2.34. The van der Waals surface area contributed by atoms with Crippen LogP contribution in [0.1, 0.15) is 20.3 Å². The Labute approximate surface area is 101 Å². The Morgan fingerprint density at radius 2 is 2.29 bits per heavy atom. The number of carbonyl (C=O) groups excluding carboxylic acids is 1. The first-order valence-electron chi connectivity index (χ1n) is 5.92. The highest BCUT2D eigenvalue weighted by molar-refractivity contribution is 5.82. The predicted octanol–water partition coefficient (Wildman–Crippen LogP) is -0.313. The lowest BCUT2D eigenvalue weighted by atomic mass is 10.1. The maximum absolute atomic E-state index is 11.8. The maximum Gasteiger partial charge on any atom is 0.323 e. The van der Waals surface area contributed by atoms with Gasteiger partial charge in [0.25, 0.3) is 0 Å². The summed E-state index contributed by atoms with van der Waals surface area (Å²) in [5, 5.41) is 11.8. The minimum absolute atomic E-state index is 0.125. The highest BCUT2D eigenvalue weighted by Gasteiger charge is 2.34. The minimum atomic E-state index is -0.945. The second-order valence-corrected chi connectivity index (χ2v) is 4.13. The summed E-state index contributed by atoms with van der Waals surface area (Å²) in [5.74, 6) is -1.07. The third-order valence-corrected chi connectivity index (χ3v) is 2.88. The third kappa shape index (κ3) is 3.67. The molecule has 2 N–H and O–H groups in total. The molecule has 1 heterocycles. The molecule has 2 atom stereocenters. The molecule has 2 unspecified atom stereocenters. The molecule has 0 saturated carbocycles. The topological polar surface area (TPSA) is 78.9 Å². The zero-order valence-corrected chi connectivity index (χ0v) is 10.3. The van der Waals surface area contributed by atoms with Crippen LogP contribution in [0.5, 0.6) is 0 Å². The smallest absolute Gasteiger partial charge is 0.323 e. The van der Waals surface area contributed by atoms with E-state index in [9.17, 15) is 9.59 Å². The first kappa shape index (κ1) is 13.9. The van der Waals surface area contributed by atoms with Crippen molar-refractivity contribution in [2.75, 3.05) is 26.3 Å². The Hall–Kier alpha value is -1.14. The lowest BCUT2D eigenvalue weighted by Crippen LogP contribution is -2.57. The predicted molar refractivity (Wildman–Crippen MR) is 61.7 cm³/mol. The number of nitrogens with one attached hydrogen (secondary N) is 1. The van der Waals surface area contributed by atoms with Gasteiger partial charge in [-0.3, -0.25) is 14.5 Å². The van der Waals surface area contributed by atoms with E-state index in [0.29, 0.717) is 19.7 Å². The van der Waals surface area contributed by atoms with E-state index in [4.69, 9.17) is 9.84 Å². The minimum Gasteiger partial charge on any atom is -0.480 e. The number of rotatable bonds is 5. The van der Waals surface area contributed by atoms with Gasteiger partial charge in [0.15, 0.2) is 0 Å². The van der Waals surface area contributed by atoms with Crippen LogP contribution in [-0.2, 0) is 14.3 Å². The molecular formula is C11H20N2O4. The summed E-state index contributed by atoms with van der Waals surface area (Å²) >= 11 is 0. The Morgan fingerprint density at radius 3 is 2.88 bits per heavy atom. The van der Waals surface area contributed by atoms with Crippen molar-refractivity contribution >= 4 is 11.9 Å². The second-order valence-electron chi connectivity index (χ2n) is 4.13. The molecule has 98 valence electrons. The lowest BCUT2D eigenvalue weighted by Gasteiger charge is -2.36. The van der Waals surface area contributed by atoms with Crippen molar-refractivity contribution < 1.29 is 19.4 Å². The fourth-order valence-corrected chi connectivity index (χ4v) is 1.84. The maximum atomic E-state index is 11.8. The number of ether oxygens (including phenoxy) is 1. The number of carboxylic acid groups (broad SMARTS) is 1. The molecule has 1 amide bonds. The Bertz CT molecular complexity index is 283. The number of nitrogens with zero attached hydrogens (tertiary/aromatic N) is 1. The zero-order chi connectivity index (χ0) is 12.8. The van der Waals surface area contributed by atoms with Crippen LogP contribution in [0.3, 0.4) is 0 Å². The summed E-state index contributed by atoms with van der Waals surface area (Å²) in [4.78, 5) is 24.5. The first-order chi connectivity index (χ1) is 8.07. The Balaban J connectivity index is 2.61. The molecular weight excluding hydrogens is 224 g/mol. The number of carbonyl (C=O) groups is 2. The van der Waals surface area contributed by atoms with Crippen LogP contribution in [0.25, 0.3) is 0 Å². The molecule has 17 heavy (non-hydrogen) atoms. The summed E-state index contributed by atoms with van der Waals surface area (Å²) < 4.78 is 5.13. The van der Waals surface area contributed by atoms with Crippen LogP contribution in [-0.4, -0.2) is 60.3 Å². The molecule has 1 rings (SSSR count). The van der Waals surface area contributed by atoms with E-state index in [1.54, 1.807) is 11.8 Å². The highest BCUT2D eigenvalue weighted by atomic mass is 16.5. The van der Waals surface area contributed by atoms with Gasteiger partial charge in [-0.05, 0) is 13.3 Å². The number of hydrogen-bond acceptors (Lipinski definition) is 4. The summed E-state index contributed by atoms with van der Waals surface area (Å²) in [7, 11) is 0. The second kappa shape index (κ2) is 6.56. The van der Waals surface area contributed by atoms with Crippen molar-refractivity contribution in [2.24, 2.45) is 0 Å². The van der Waals surface area contributed by atoms with Gasteiger partial charge < -0.3 is 15.2 Å². The fraction of sp³-hybridized carbons (Fsp3) is 0.818. The van der Waals surface area contributed by atoms with Crippen molar-refractivity contribution in [2.45, 2.75) is 32.4 Å². The van der Waals surface area contributed by atoms with Gasteiger partial charge >= 0.3 is 5.97 Å². The first-order valence-corrected chi connectivity index (χ1v) is 5.92.